The van der Waals surface area contributed by atoms with Crippen molar-refractivity contribution in [3.63, 3.8) is 0 Å². The Hall–Kier alpha value is -3.96. The summed E-state index contributed by atoms with van der Waals surface area (Å²) in [5, 5.41) is 21.6. The van der Waals surface area contributed by atoms with E-state index in [1.807, 2.05) is 37.4 Å². The summed E-state index contributed by atoms with van der Waals surface area (Å²) in [6.45, 7) is 5.30. The zero-order chi connectivity index (χ0) is 27.6. The maximum atomic E-state index is 12.4. The minimum atomic E-state index is -4.73. The van der Waals surface area contributed by atoms with Gasteiger partial charge in [-0.05, 0) is 97.8 Å². The van der Waals surface area contributed by atoms with Gasteiger partial charge in [-0.1, -0.05) is 30.3 Å². The maximum absolute atomic E-state index is 12.4. The number of hydrogen-bond acceptors (Lipinski definition) is 4. The molecule has 1 fully saturated rings. The number of nitrogens with zero attached hydrogens (tertiary/aromatic N) is 3. The molecule has 5 nitrogen and oxygen atoms in total. The van der Waals surface area contributed by atoms with Crippen LogP contribution in [0.4, 0.5) is 13.2 Å². The molecule has 202 valence electrons. The van der Waals surface area contributed by atoms with E-state index >= 15 is 0 Å². The van der Waals surface area contributed by atoms with Crippen molar-refractivity contribution in [3.8, 4) is 17.7 Å². The van der Waals surface area contributed by atoms with Crippen LogP contribution < -0.4 is 4.74 Å². The summed E-state index contributed by atoms with van der Waals surface area (Å²) >= 11 is 0. The Kier molecular flexibility index (Phi) is 7.53. The monoisotopic (exact) mass is 533 g/mol. The van der Waals surface area contributed by atoms with Crippen LogP contribution in [0.25, 0.3) is 10.8 Å². The molecule has 39 heavy (non-hydrogen) atoms. The Labute approximate surface area is 225 Å². The Morgan fingerprint density at radius 2 is 1.59 bits per heavy atom. The number of nitriles is 1. The molecule has 3 aromatic carbocycles. The third-order valence-corrected chi connectivity index (χ3v) is 7.45. The molecule has 4 aromatic rings. The van der Waals surface area contributed by atoms with Crippen LogP contribution in [0, 0.1) is 24.2 Å². The highest BCUT2D eigenvalue weighted by atomic mass is 19.4. The van der Waals surface area contributed by atoms with Gasteiger partial charge in [0.2, 0.25) is 0 Å². The summed E-state index contributed by atoms with van der Waals surface area (Å²) in [7, 11) is 0. The van der Waals surface area contributed by atoms with E-state index in [0.717, 1.165) is 60.8 Å². The fraction of sp³-hybridized carbons (Fsp3) is 0.323. The molecule has 0 unspecified atom stereocenters. The fourth-order valence-electron chi connectivity index (χ4n) is 5.53. The Morgan fingerprint density at radius 1 is 0.949 bits per heavy atom. The van der Waals surface area contributed by atoms with Crippen LogP contribution in [-0.4, -0.2) is 34.0 Å². The van der Waals surface area contributed by atoms with Gasteiger partial charge >= 0.3 is 6.36 Å². The van der Waals surface area contributed by atoms with E-state index in [2.05, 4.69) is 27.8 Å². The van der Waals surface area contributed by atoms with Crippen molar-refractivity contribution < 1.29 is 23.0 Å². The Morgan fingerprint density at radius 3 is 2.23 bits per heavy atom. The Balaban J connectivity index is 1.21. The van der Waals surface area contributed by atoms with Crippen LogP contribution in [0.5, 0.6) is 11.6 Å². The van der Waals surface area contributed by atoms with E-state index < -0.39 is 6.36 Å². The topological polar surface area (TPSA) is 61.4 Å². The van der Waals surface area contributed by atoms with Gasteiger partial charge in [-0.2, -0.15) is 5.26 Å². The number of benzene rings is 3. The van der Waals surface area contributed by atoms with Gasteiger partial charge in [-0.25, -0.2) is 0 Å². The van der Waals surface area contributed by atoms with Gasteiger partial charge in [0.15, 0.2) is 5.88 Å². The molecule has 0 bridgehead atoms. The molecule has 1 aromatic heterocycles. The standard InChI is InChI=1S/C31H30F3N3O2/c1-21-14-26(15-22-10-12-36(13-11-22)18-24-4-2-23(17-35)3-5-24)16-27-20-37(30(38)29(21)27)19-25-6-8-28(9-7-25)39-31(32,33)34/h2-9,14,16,20,22,38H,10-13,15,18-19H2,1H3. The second kappa shape index (κ2) is 11.0. The lowest BCUT2D eigenvalue weighted by molar-refractivity contribution is -0.274. The lowest BCUT2D eigenvalue weighted by atomic mass is 9.89. The molecule has 0 saturated carbocycles. The molecule has 0 radical (unpaired) electrons. The number of fused-ring (bicyclic) bond motifs is 1. The number of rotatable bonds is 7. The molecule has 1 saturated heterocycles. The van der Waals surface area contributed by atoms with Crippen molar-refractivity contribution in [2.75, 3.05) is 13.1 Å². The third kappa shape index (κ3) is 6.55. The van der Waals surface area contributed by atoms with Crippen molar-refractivity contribution >= 4 is 10.8 Å². The molecule has 1 N–H and O–H groups in total. The number of hydrogen-bond donors (Lipinski definition) is 1. The molecular weight excluding hydrogens is 503 g/mol. The summed E-state index contributed by atoms with van der Waals surface area (Å²) in [6.07, 6.45) is 0.396. The number of aromatic hydroxyl groups is 1. The first-order valence-corrected chi connectivity index (χ1v) is 13.0. The van der Waals surface area contributed by atoms with E-state index in [1.54, 1.807) is 16.7 Å². The first-order chi connectivity index (χ1) is 18.7. The van der Waals surface area contributed by atoms with Gasteiger partial charge in [0, 0.05) is 23.5 Å². The normalized spacial score (nSPS) is 14.9. The highest BCUT2D eigenvalue weighted by Gasteiger charge is 2.31. The van der Waals surface area contributed by atoms with Crippen molar-refractivity contribution in [2.45, 2.75) is 45.6 Å². The number of piperidine rings is 1. The van der Waals surface area contributed by atoms with E-state index in [9.17, 15) is 18.3 Å². The maximum Gasteiger partial charge on any atom is 0.573 e. The van der Waals surface area contributed by atoms with Crippen LogP contribution in [0.1, 0.15) is 40.7 Å². The summed E-state index contributed by atoms with van der Waals surface area (Å²) in [6, 6.07) is 19.9. The lowest BCUT2D eigenvalue weighted by Crippen LogP contribution is -2.33. The fourth-order valence-corrected chi connectivity index (χ4v) is 5.53. The smallest absolute Gasteiger partial charge is 0.494 e. The largest absolute Gasteiger partial charge is 0.573 e. The van der Waals surface area contributed by atoms with E-state index in [4.69, 9.17) is 5.26 Å². The number of ether oxygens (including phenoxy) is 1. The molecule has 1 aliphatic rings. The summed E-state index contributed by atoms with van der Waals surface area (Å²) in [5.41, 5.74) is 4.92. The highest BCUT2D eigenvalue weighted by Crippen LogP contribution is 2.34. The first-order valence-electron chi connectivity index (χ1n) is 13.0. The molecular formula is C31H30F3N3O2. The molecule has 2 heterocycles. The van der Waals surface area contributed by atoms with Gasteiger partial charge < -0.3 is 14.4 Å². The number of aryl methyl sites for hydroxylation is 1. The van der Waals surface area contributed by atoms with Crippen LogP contribution >= 0.6 is 0 Å². The average molecular weight is 534 g/mol. The van der Waals surface area contributed by atoms with Crippen LogP contribution in [0.3, 0.4) is 0 Å². The minimum Gasteiger partial charge on any atom is -0.494 e. The van der Waals surface area contributed by atoms with E-state index in [1.165, 1.54) is 23.3 Å². The van der Waals surface area contributed by atoms with Crippen molar-refractivity contribution in [3.05, 3.63) is 94.7 Å². The SMILES string of the molecule is Cc1cc(CC2CCN(Cc3ccc(C#N)cc3)CC2)cc2cn(Cc3ccc(OC(F)(F)F)cc3)c(O)c12. The average Bonchev–Trinajstić information content (AvgIpc) is 3.21. The van der Waals surface area contributed by atoms with Crippen LogP contribution in [0.2, 0.25) is 0 Å². The molecule has 0 atom stereocenters. The molecule has 5 rings (SSSR count). The second-order valence-corrected chi connectivity index (χ2v) is 10.4. The highest BCUT2D eigenvalue weighted by molar-refractivity contribution is 5.91. The zero-order valence-corrected chi connectivity index (χ0v) is 21.7. The third-order valence-electron chi connectivity index (χ3n) is 7.45. The molecule has 8 heteroatoms. The number of aromatic nitrogens is 1. The van der Waals surface area contributed by atoms with Gasteiger partial charge in [-0.3, -0.25) is 4.90 Å². The van der Waals surface area contributed by atoms with Crippen molar-refractivity contribution in [1.82, 2.24) is 9.47 Å². The van der Waals surface area contributed by atoms with Crippen LogP contribution in [-0.2, 0) is 19.5 Å². The van der Waals surface area contributed by atoms with Gasteiger partial charge in [0.1, 0.15) is 5.75 Å². The van der Waals surface area contributed by atoms with Crippen LogP contribution in [0.15, 0.2) is 66.9 Å². The second-order valence-electron chi connectivity index (χ2n) is 10.4. The zero-order valence-electron chi connectivity index (χ0n) is 21.7. The van der Waals surface area contributed by atoms with Crippen molar-refractivity contribution in [2.24, 2.45) is 5.92 Å². The molecule has 0 spiro atoms. The summed E-state index contributed by atoms with van der Waals surface area (Å²) in [4.78, 5) is 2.46. The van der Waals surface area contributed by atoms with E-state index in [0.29, 0.717) is 18.0 Å². The number of likely N-dealkylation sites (tertiary alicyclic amines) is 1. The predicted octanol–water partition coefficient (Wildman–Crippen LogP) is 6.93. The Bertz CT molecular complexity index is 1480. The van der Waals surface area contributed by atoms with E-state index in [-0.39, 0.29) is 11.6 Å². The van der Waals surface area contributed by atoms with Gasteiger partial charge in [0.25, 0.3) is 0 Å². The first kappa shape index (κ1) is 26.6. The lowest BCUT2D eigenvalue weighted by Gasteiger charge is -2.32. The molecule has 1 aliphatic heterocycles. The quantitative estimate of drug-likeness (QED) is 0.280. The summed E-state index contributed by atoms with van der Waals surface area (Å²) in [5.74, 6) is 0.474. The molecule has 0 amide bonds. The minimum absolute atomic E-state index is 0.153. The number of alkyl halides is 3. The van der Waals surface area contributed by atoms with Gasteiger partial charge in [-0.15, -0.1) is 13.2 Å². The predicted molar refractivity (Wildman–Crippen MR) is 143 cm³/mol. The number of halogens is 3. The summed E-state index contributed by atoms with van der Waals surface area (Å²) < 4.78 is 43.0. The van der Waals surface area contributed by atoms with Gasteiger partial charge in [0.05, 0.1) is 18.2 Å². The van der Waals surface area contributed by atoms with Crippen molar-refractivity contribution in [1.29, 1.82) is 5.26 Å². The molecule has 0 aliphatic carbocycles.